The Hall–Kier alpha value is -1.16. The second-order valence-electron chi connectivity index (χ2n) is 3.71. The molecule has 17 heavy (non-hydrogen) atoms. The molecule has 0 unspecified atom stereocenters. The van der Waals surface area contributed by atoms with Crippen molar-refractivity contribution in [3.05, 3.63) is 34.3 Å². The number of ether oxygens (including phenoxy) is 1. The van der Waals surface area contributed by atoms with Crippen molar-refractivity contribution >= 4 is 27.7 Å². The van der Waals surface area contributed by atoms with Gasteiger partial charge in [0.1, 0.15) is 0 Å². The van der Waals surface area contributed by atoms with E-state index >= 15 is 0 Å². The van der Waals surface area contributed by atoms with Gasteiger partial charge in [0.25, 0.3) is 0 Å². The predicted octanol–water partition coefficient (Wildman–Crippen LogP) is 3.37. The van der Waals surface area contributed by atoms with E-state index in [9.17, 15) is 9.59 Å². The quantitative estimate of drug-likeness (QED) is 0.459. The Kier molecular flexibility index (Phi) is 5.91. The average Bonchev–Trinajstić information content (AvgIpc) is 2.34. The van der Waals surface area contributed by atoms with Gasteiger partial charge in [0.2, 0.25) is 0 Å². The molecule has 0 fully saturated rings. The molecule has 0 saturated heterocycles. The summed E-state index contributed by atoms with van der Waals surface area (Å²) in [6.07, 6.45) is 2.25. The fourth-order valence-corrected chi connectivity index (χ4v) is 1.70. The lowest BCUT2D eigenvalue weighted by Gasteiger charge is -2.01. The number of halogens is 1. The smallest absolute Gasteiger partial charge is 0.305 e. The van der Waals surface area contributed by atoms with Gasteiger partial charge >= 0.3 is 5.97 Å². The molecule has 0 aliphatic heterocycles. The van der Waals surface area contributed by atoms with Crippen LogP contribution in [0.1, 0.15) is 36.0 Å². The highest BCUT2D eigenvalue weighted by Crippen LogP contribution is 2.13. The monoisotopic (exact) mass is 298 g/mol. The molecule has 0 atom stereocenters. The topological polar surface area (TPSA) is 43.4 Å². The minimum Gasteiger partial charge on any atom is -0.469 e. The molecule has 0 radical (unpaired) electrons. The second-order valence-corrected chi connectivity index (χ2v) is 4.63. The number of hydrogen-bond acceptors (Lipinski definition) is 3. The van der Waals surface area contributed by atoms with Crippen LogP contribution in [-0.2, 0) is 9.53 Å². The third kappa shape index (κ3) is 5.13. The fourth-order valence-electron chi connectivity index (χ4n) is 1.44. The van der Waals surface area contributed by atoms with Crippen molar-refractivity contribution in [2.45, 2.75) is 25.7 Å². The largest absolute Gasteiger partial charge is 0.469 e. The first-order valence-electron chi connectivity index (χ1n) is 5.49. The number of carbonyl (C=O) groups excluding carboxylic acids is 2. The number of carbonyl (C=O) groups is 2. The number of benzene rings is 1. The highest BCUT2D eigenvalue weighted by molar-refractivity contribution is 9.10. The van der Waals surface area contributed by atoms with Crippen molar-refractivity contribution < 1.29 is 14.3 Å². The minimum absolute atomic E-state index is 0.113. The van der Waals surface area contributed by atoms with E-state index in [2.05, 4.69) is 20.7 Å². The van der Waals surface area contributed by atoms with Gasteiger partial charge in [0.05, 0.1) is 7.11 Å². The predicted molar refractivity (Wildman–Crippen MR) is 69.0 cm³/mol. The van der Waals surface area contributed by atoms with Crippen molar-refractivity contribution in [2.24, 2.45) is 0 Å². The van der Waals surface area contributed by atoms with Crippen LogP contribution in [0.25, 0.3) is 0 Å². The summed E-state index contributed by atoms with van der Waals surface area (Å²) >= 11 is 3.32. The van der Waals surface area contributed by atoms with Crippen LogP contribution in [-0.4, -0.2) is 18.9 Å². The average molecular weight is 299 g/mol. The first-order chi connectivity index (χ1) is 8.13. The molecule has 0 aliphatic carbocycles. The zero-order valence-corrected chi connectivity index (χ0v) is 11.3. The maximum atomic E-state index is 11.7. The highest BCUT2D eigenvalue weighted by atomic mass is 79.9. The molecular weight excluding hydrogens is 284 g/mol. The lowest BCUT2D eigenvalue weighted by atomic mass is 10.0. The highest BCUT2D eigenvalue weighted by Gasteiger charge is 2.06. The van der Waals surface area contributed by atoms with Crippen LogP contribution >= 0.6 is 15.9 Å². The Morgan fingerprint density at radius 3 is 2.29 bits per heavy atom. The van der Waals surface area contributed by atoms with Gasteiger partial charge < -0.3 is 4.74 Å². The second kappa shape index (κ2) is 7.22. The van der Waals surface area contributed by atoms with E-state index in [0.29, 0.717) is 31.2 Å². The molecule has 0 N–H and O–H groups in total. The van der Waals surface area contributed by atoms with Crippen LogP contribution in [0.4, 0.5) is 0 Å². The normalized spacial score (nSPS) is 10.0. The summed E-state index contributed by atoms with van der Waals surface area (Å²) in [6, 6.07) is 7.29. The van der Waals surface area contributed by atoms with Gasteiger partial charge in [-0.05, 0) is 25.0 Å². The van der Waals surface area contributed by atoms with Crippen LogP contribution in [0.5, 0.6) is 0 Å². The first-order valence-corrected chi connectivity index (χ1v) is 6.28. The SMILES string of the molecule is COC(=O)CCCCC(=O)c1ccc(Br)cc1. The lowest BCUT2D eigenvalue weighted by Crippen LogP contribution is -2.02. The van der Waals surface area contributed by atoms with E-state index in [0.717, 1.165) is 4.47 Å². The van der Waals surface area contributed by atoms with Gasteiger partial charge in [-0.2, -0.15) is 0 Å². The van der Waals surface area contributed by atoms with Gasteiger partial charge in [-0.15, -0.1) is 0 Å². The third-order valence-corrected chi connectivity index (χ3v) is 2.96. The van der Waals surface area contributed by atoms with Crippen LogP contribution in [0, 0.1) is 0 Å². The number of hydrogen-bond donors (Lipinski definition) is 0. The molecule has 0 saturated carbocycles. The van der Waals surface area contributed by atoms with E-state index in [-0.39, 0.29) is 11.8 Å². The molecule has 0 aliphatic rings. The standard InChI is InChI=1S/C13H15BrO3/c1-17-13(16)5-3-2-4-12(15)10-6-8-11(14)9-7-10/h6-9H,2-5H2,1H3. The number of Topliss-reactive ketones (excluding diaryl/α,β-unsaturated/α-hetero) is 1. The molecule has 92 valence electrons. The molecule has 0 aromatic heterocycles. The summed E-state index contributed by atoms with van der Waals surface area (Å²) in [4.78, 5) is 22.6. The summed E-state index contributed by atoms with van der Waals surface area (Å²) in [5, 5.41) is 0. The Morgan fingerprint density at radius 1 is 1.12 bits per heavy atom. The Bertz CT molecular complexity index is 384. The molecule has 0 amide bonds. The van der Waals surface area contributed by atoms with Gasteiger partial charge in [0.15, 0.2) is 5.78 Å². The van der Waals surface area contributed by atoms with Crippen molar-refractivity contribution in [3.63, 3.8) is 0 Å². The lowest BCUT2D eigenvalue weighted by molar-refractivity contribution is -0.140. The zero-order valence-electron chi connectivity index (χ0n) is 9.74. The van der Waals surface area contributed by atoms with E-state index < -0.39 is 0 Å². The maximum absolute atomic E-state index is 11.7. The summed E-state index contributed by atoms with van der Waals surface area (Å²) in [5.74, 6) is -0.108. The van der Waals surface area contributed by atoms with Crippen LogP contribution < -0.4 is 0 Å². The van der Waals surface area contributed by atoms with Crippen molar-refractivity contribution in [1.82, 2.24) is 0 Å². The summed E-state index contributed by atoms with van der Waals surface area (Å²) in [5.41, 5.74) is 0.714. The summed E-state index contributed by atoms with van der Waals surface area (Å²) in [6.45, 7) is 0. The van der Waals surface area contributed by atoms with Crippen molar-refractivity contribution in [3.8, 4) is 0 Å². The number of methoxy groups -OCH3 is 1. The molecule has 4 heteroatoms. The number of esters is 1. The van der Waals surface area contributed by atoms with E-state index in [4.69, 9.17) is 0 Å². The first kappa shape index (κ1) is 13.9. The molecule has 0 spiro atoms. The molecule has 1 aromatic rings. The van der Waals surface area contributed by atoms with Gasteiger partial charge in [-0.25, -0.2) is 0 Å². The van der Waals surface area contributed by atoms with Crippen LogP contribution in [0.15, 0.2) is 28.7 Å². The fraction of sp³-hybridized carbons (Fsp3) is 0.385. The summed E-state index contributed by atoms with van der Waals surface area (Å²) < 4.78 is 5.48. The van der Waals surface area contributed by atoms with Gasteiger partial charge in [-0.1, -0.05) is 28.1 Å². The Balaban J connectivity index is 2.30. The molecule has 1 rings (SSSR count). The van der Waals surface area contributed by atoms with Crippen molar-refractivity contribution in [2.75, 3.05) is 7.11 Å². The van der Waals surface area contributed by atoms with E-state index in [1.54, 1.807) is 12.1 Å². The third-order valence-electron chi connectivity index (χ3n) is 2.43. The molecule has 0 heterocycles. The molecule has 3 nitrogen and oxygen atoms in total. The molecule has 1 aromatic carbocycles. The van der Waals surface area contributed by atoms with Gasteiger partial charge in [-0.3, -0.25) is 9.59 Å². The van der Waals surface area contributed by atoms with E-state index in [1.165, 1.54) is 7.11 Å². The van der Waals surface area contributed by atoms with Crippen LogP contribution in [0.3, 0.4) is 0 Å². The summed E-state index contributed by atoms with van der Waals surface area (Å²) in [7, 11) is 1.37. The van der Waals surface area contributed by atoms with Crippen molar-refractivity contribution in [1.29, 1.82) is 0 Å². The van der Waals surface area contributed by atoms with E-state index in [1.807, 2.05) is 12.1 Å². The van der Waals surface area contributed by atoms with Gasteiger partial charge in [0, 0.05) is 22.9 Å². The number of ketones is 1. The molecular formula is C13H15BrO3. The number of rotatable bonds is 6. The zero-order chi connectivity index (χ0) is 12.7. The maximum Gasteiger partial charge on any atom is 0.305 e. The Morgan fingerprint density at radius 2 is 1.71 bits per heavy atom. The minimum atomic E-state index is -0.221. The Labute approximate surface area is 109 Å². The van der Waals surface area contributed by atoms with Crippen LogP contribution in [0.2, 0.25) is 0 Å². The number of unbranched alkanes of at least 4 members (excludes halogenated alkanes) is 1. The molecule has 0 bridgehead atoms.